The summed E-state index contributed by atoms with van der Waals surface area (Å²) >= 11 is 1.13. The average molecular weight is 436 g/mol. The molecule has 3 amide bonds. The van der Waals surface area contributed by atoms with Crippen LogP contribution >= 0.6 is 11.3 Å². The smallest absolute Gasteiger partial charge is 0.271 e. The molecule has 3 rings (SSSR count). The second-order valence-electron chi connectivity index (χ2n) is 6.55. The van der Waals surface area contributed by atoms with Crippen LogP contribution in [0.5, 0.6) is 0 Å². The van der Waals surface area contributed by atoms with Gasteiger partial charge >= 0.3 is 0 Å². The zero-order valence-corrected chi connectivity index (χ0v) is 17.2. The number of imide groups is 1. The van der Waals surface area contributed by atoms with Gasteiger partial charge in [-0.15, -0.1) is 11.3 Å². The predicted octanol–water partition coefficient (Wildman–Crippen LogP) is 1.75. The molecule has 0 saturated carbocycles. The Morgan fingerprint density at radius 3 is 2.38 bits per heavy atom. The molecule has 2 heterocycles. The summed E-state index contributed by atoms with van der Waals surface area (Å²) in [6.45, 7) is 0.686. The van der Waals surface area contributed by atoms with E-state index < -0.39 is 10.0 Å². The van der Waals surface area contributed by atoms with E-state index in [4.69, 9.17) is 0 Å². The number of amides is 3. The number of sulfonamides is 1. The number of nitrogens with one attached hydrogen (secondary N) is 2. The van der Waals surface area contributed by atoms with Crippen LogP contribution in [-0.2, 0) is 30.8 Å². The number of benzene rings is 1. The molecule has 1 aromatic heterocycles. The van der Waals surface area contributed by atoms with Gasteiger partial charge in [-0.25, -0.2) is 8.42 Å². The molecule has 1 saturated heterocycles. The first-order valence-corrected chi connectivity index (χ1v) is 11.5. The van der Waals surface area contributed by atoms with E-state index in [1.165, 1.54) is 11.0 Å². The molecule has 0 unspecified atom stereocenters. The van der Waals surface area contributed by atoms with Gasteiger partial charge in [0, 0.05) is 31.6 Å². The van der Waals surface area contributed by atoms with Crippen molar-refractivity contribution in [2.75, 3.05) is 17.8 Å². The van der Waals surface area contributed by atoms with Crippen molar-refractivity contribution in [1.82, 2.24) is 10.2 Å². The zero-order valence-electron chi connectivity index (χ0n) is 15.6. The maximum Gasteiger partial charge on any atom is 0.271 e. The Labute approximate surface area is 173 Å². The summed E-state index contributed by atoms with van der Waals surface area (Å²) < 4.78 is 27.1. The number of nitrogens with zero attached hydrogens (tertiary/aromatic N) is 1. The number of carbonyl (C=O) groups is 3. The summed E-state index contributed by atoms with van der Waals surface area (Å²) in [5.41, 5.74) is 1.16. The van der Waals surface area contributed by atoms with Crippen LogP contribution in [0.15, 0.2) is 46.0 Å². The lowest BCUT2D eigenvalue weighted by molar-refractivity contribution is -0.138. The minimum atomic E-state index is -3.60. The van der Waals surface area contributed by atoms with E-state index in [1.54, 1.807) is 35.7 Å². The van der Waals surface area contributed by atoms with Crippen molar-refractivity contribution < 1.29 is 22.8 Å². The zero-order chi connectivity index (χ0) is 20.9. The molecule has 1 aromatic carbocycles. The molecular weight excluding hydrogens is 414 g/mol. The van der Waals surface area contributed by atoms with Crippen LogP contribution in [0, 0.1) is 0 Å². The number of rotatable bonds is 9. The fraction of sp³-hybridized carbons (Fsp3) is 0.316. The highest BCUT2D eigenvalue weighted by Gasteiger charge is 2.27. The van der Waals surface area contributed by atoms with Gasteiger partial charge in [-0.05, 0) is 35.6 Å². The van der Waals surface area contributed by atoms with Crippen molar-refractivity contribution in [3.05, 3.63) is 47.3 Å². The Morgan fingerprint density at radius 2 is 1.76 bits per heavy atom. The molecule has 10 heteroatoms. The van der Waals surface area contributed by atoms with E-state index in [0.29, 0.717) is 25.2 Å². The monoisotopic (exact) mass is 435 g/mol. The van der Waals surface area contributed by atoms with Crippen molar-refractivity contribution in [3.63, 3.8) is 0 Å². The molecule has 29 heavy (non-hydrogen) atoms. The third-order valence-electron chi connectivity index (χ3n) is 4.37. The molecule has 0 spiro atoms. The van der Waals surface area contributed by atoms with Crippen molar-refractivity contribution in [2.24, 2.45) is 0 Å². The molecular formula is C19H21N3O5S2. The topological polar surface area (TPSA) is 113 Å². The Balaban J connectivity index is 1.43. The van der Waals surface area contributed by atoms with E-state index in [1.807, 2.05) is 0 Å². The summed E-state index contributed by atoms with van der Waals surface area (Å²) in [6.07, 6.45) is 1.20. The van der Waals surface area contributed by atoms with Crippen LogP contribution in [0.2, 0.25) is 0 Å². The summed E-state index contributed by atoms with van der Waals surface area (Å²) in [6, 6.07) is 9.79. The minimum Gasteiger partial charge on any atom is -0.356 e. The van der Waals surface area contributed by atoms with Crippen LogP contribution in [0.1, 0.15) is 24.8 Å². The molecule has 2 N–H and O–H groups in total. The highest BCUT2D eigenvalue weighted by molar-refractivity contribution is 7.94. The van der Waals surface area contributed by atoms with E-state index >= 15 is 0 Å². The summed E-state index contributed by atoms with van der Waals surface area (Å²) in [5.74, 6) is -0.497. The molecule has 0 bridgehead atoms. The molecule has 2 aromatic rings. The van der Waals surface area contributed by atoms with Gasteiger partial charge < -0.3 is 5.32 Å². The van der Waals surface area contributed by atoms with E-state index in [0.717, 1.165) is 16.9 Å². The molecule has 0 atom stereocenters. The van der Waals surface area contributed by atoms with Crippen LogP contribution in [0.3, 0.4) is 0 Å². The maximum absolute atomic E-state index is 12.2. The van der Waals surface area contributed by atoms with Gasteiger partial charge in [0.2, 0.25) is 17.7 Å². The lowest BCUT2D eigenvalue weighted by Crippen LogP contribution is -2.33. The van der Waals surface area contributed by atoms with Gasteiger partial charge in [0.1, 0.15) is 4.21 Å². The largest absolute Gasteiger partial charge is 0.356 e. The lowest BCUT2D eigenvalue weighted by atomic mass is 10.1. The first-order chi connectivity index (χ1) is 13.8. The van der Waals surface area contributed by atoms with E-state index in [-0.39, 0.29) is 41.2 Å². The summed E-state index contributed by atoms with van der Waals surface area (Å²) in [5, 5.41) is 4.45. The van der Waals surface area contributed by atoms with Gasteiger partial charge in [-0.3, -0.25) is 24.0 Å². The van der Waals surface area contributed by atoms with Gasteiger partial charge in [-0.1, -0.05) is 18.2 Å². The lowest BCUT2D eigenvalue weighted by Gasteiger charge is -2.13. The molecule has 154 valence electrons. The fourth-order valence-electron chi connectivity index (χ4n) is 2.90. The fourth-order valence-corrected chi connectivity index (χ4v) is 4.95. The number of likely N-dealkylation sites (tertiary alicyclic amines) is 1. The molecule has 1 aliphatic heterocycles. The number of hydrogen-bond acceptors (Lipinski definition) is 6. The van der Waals surface area contributed by atoms with Gasteiger partial charge in [-0.2, -0.15) is 0 Å². The first kappa shape index (κ1) is 21.0. The number of carbonyl (C=O) groups excluding carboxylic acids is 3. The third kappa shape index (κ3) is 5.64. The van der Waals surface area contributed by atoms with Crippen molar-refractivity contribution in [1.29, 1.82) is 0 Å². The Kier molecular flexibility index (Phi) is 6.65. The summed E-state index contributed by atoms with van der Waals surface area (Å²) in [7, 11) is -3.60. The van der Waals surface area contributed by atoms with Crippen LogP contribution in [0.4, 0.5) is 5.69 Å². The second-order valence-corrected chi connectivity index (χ2v) is 9.41. The summed E-state index contributed by atoms with van der Waals surface area (Å²) in [4.78, 5) is 36.3. The predicted molar refractivity (Wildman–Crippen MR) is 109 cm³/mol. The number of hydrogen-bond donors (Lipinski definition) is 2. The molecule has 1 fully saturated rings. The number of anilines is 1. The molecule has 1 aliphatic rings. The van der Waals surface area contributed by atoms with Gasteiger partial charge in [0.25, 0.3) is 10.0 Å². The normalized spacial score (nSPS) is 14.3. The van der Waals surface area contributed by atoms with Gasteiger partial charge in [0.05, 0.1) is 6.42 Å². The van der Waals surface area contributed by atoms with E-state index in [2.05, 4.69) is 10.0 Å². The van der Waals surface area contributed by atoms with E-state index in [9.17, 15) is 22.8 Å². The van der Waals surface area contributed by atoms with Crippen molar-refractivity contribution >= 4 is 44.8 Å². The van der Waals surface area contributed by atoms with Crippen LogP contribution < -0.4 is 10.0 Å². The van der Waals surface area contributed by atoms with Gasteiger partial charge in [0.15, 0.2) is 0 Å². The Bertz CT molecular complexity index is 969. The average Bonchev–Trinajstić information content (AvgIpc) is 3.32. The standard InChI is InChI=1S/C19H21N3O5S2/c23-16(20-10-2-11-22-17(24)8-9-18(22)25)13-14-4-6-15(7-5-14)21-29(26,27)19-3-1-12-28-19/h1,3-7,12,21H,2,8-11,13H2,(H,20,23). The molecule has 8 nitrogen and oxygen atoms in total. The molecule has 0 aliphatic carbocycles. The third-order valence-corrected chi connectivity index (χ3v) is 7.15. The quantitative estimate of drug-likeness (QED) is 0.460. The highest BCUT2D eigenvalue weighted by Crippen LogP contribution is 2.20. The van der Waals surface area contributed by atoms with Crippen LogP contribution in [0.25, 0.3) is 0 Å². The Morgan fingerprint density at radius 1 is 1.07 bits per heavy atom. The maximum atomic E-state index is 12.2. The highest BCUT2D eigenvalue weighted by atomic mass is 32.2. The Hall–Kier alpha value is -2.72. The SMILES string of the molecule is O=C(Cc1ccc(NS(=O)(=O)c2cccs2)cc1)NCCCN1C(=O)CCC1=O. The second kappa shape index (κ2) is 9.19. The minimum absolute atomic E-state index is 0.152. The number of thiophene rings is 1. The van der Waals surface area contributed by atoms with Crippen molar-refractivity contribution in [3.8, 4) is 0 Å². The first-order valence-electron chi connectivity index (χ1n) is 9.10. The van der Waals surface area contributed by atoms with Crippen molar-refractivity contribution in [2.45, 2.75) is 29.9 Å². The van der Waals surface area contributed by atoms with Crippen LogP contribution in [-0.4, -0.2) is 44.1 Å². The molecule has 0 radical (unpaired) electrons.